The summed E-state index contributed by atoms with van der Waals surface area (Å²) in [5.41, 5.74) is -17.6. The van der Waals surface area contributed by atoms with Crippen molar-refractivity contribution >= 4 is 58.1 Å². The molecule has 318 valence electrons. The zero-order chi connectivity index (χ0) is 44.6. The van der Waals surface area contributed by atoms with Gasteiger partial charge in [0.15, 0.2) is 33.5 Å². The van der Waals surface area contributed by atoms with Gasteiger partial charge in [-0.15, -0.1) is 9.46 Å². The minimum Gasteiger partial charge on any atom is -0.872 e. The Balaban J connectivity index is 0.000000203. The molecular weight excluding hydrogens is 921 g/mol. The SMILES string of the molecule is O=S(=O)(N(c1ccccc1)S(=O)(=O)C(F)(F)F)C(F)(F)F.O=c1ccc2nc3ccc(OS(=O)(=O)C(F)(F)F)cc3oc-2c1.O=c1ccc2nc3ccc([O-])cc3oc-2c1.[Na+]. The third-order valence-electron chi connectivity index (χ3n) is 7.12. The number of rotatable bonds is 5. The van der Waals surface area contributed by atoms with E-state index in [1.54, 1.807) is 12.1 Å². The van der Waals surface area contributed by atoms with Crippen LogP contribution in [0, 0.1) is 0 Å². The number of fused-ring (bicyclic) bond motifs is 4. The number of benzene rings is 5. The monoisotopic (exact) mass is 937 g/mol. The summed E-state index contributed by atoms with van der Waals surface area (Å²) < 4.78 is 191. The minimum absolute atomic E-state index is 0. The van der Waals surface area contributed by atoms with Crippen molar-refractivity contribution in [1.82, 2.24) is 9.97 Å². The van der Waals surface area contributed by atoms with Gasteiger partial charge in [0.2, 0.25) is 0 Å². The predicted molar refractivity (Wildman–Crippen MR) is 188 cm³/mol. The molecule has 0 aromatic heterocycles. The van der Waals surface area contributed by atoms with Crippen molar-refractivity contribution < 1.29 is 112 Å². The van der Waals surface area contributed by atoms with Crippen LogP contribution >= 0.6 is 0 Å². The van der Waals surface area contributed by atoms with Crippen LogP contribution in [0.5, 0.6) is 11.5 Å². The number of hydrogen-bond acceptors (Lipinski definition) is 14. The van der Waals surface area contributed by atoms with Crippen molar-refractivity contribution in [3.05, 3.63) is 124 Å². The van der Waals surface area contributed by atoms with Gasteiger partial charge in [-0.2, -0.15) is 64.8 Å². The molecule has 0 N–H and O–H groups in total. The molecule has 0 saturated carbocycles. The number of sulfonamides is 2. The van der Waals surface area contributed by atoms with Crippen LogP contribution < -0.4 is 53.4 Å². The molecule has 61 heavy (non-hydrogen) atoms. The molecule has 7 rings (SSSR count). The molecule has 2 aliphatic heterocycles. The average molecular weight is 938 g/mol. The molecule has 0 amide bonds. The summed E-state index contributed by atoms with van der Waals surface area (Å²) >= 11 is 0. The van der Waals surface area contributed by atoms with Gasteiger partial charge in [-0.05, 0) is 60.7 Å². The van der Waals surface area contributed by atoms with Crippen molar-refractivity contribution in [2.45, 2.75) is 16.5 Å². The summed E-state index contributed by atoms with van der Waals surface area (Å²) in [6, 6.07) is 19.7. The first-order valence-corrected chi connectivity index (χ1v) is 19.7. The number of halogens is 9. The smallest absolute Gasteiger partial charge is 0.872 e. The first kappa shape index (κ1) is 48.2. The Morgan fingerprint density at radius 1 is 0.557 bits per heavy atom. The molecule has 0 radical (unpaired) electrons. The van der Waals surface area contributed by atoms with E-state index in [4.69, 9.17) is 8.83 Å². The van der Waals surface area contributed by atoms with Gasteiger partial charge < -0.3 is 18.1 Å². The molecule has 0 fully saturated rings. The molecule has 28 heteroatoms. The van der Waals surface area contributed by atoms with E-state index in [2.05, 4.69) is 14.2 Å². The quantitative estimate of drug-likeness (QED) is 0.0796. The van der Waals surface area contributed by atoms with Crippen molar-refractivity contribution in [2.75, 3.05) is 3.71 Å². The van der Waals surface area contributed by atoms with Crippen molar-refractivity contribution in [1.29, 1.82) is 0 Å². The summed E-state index contributed by atoms with van der Waals surface area (Å²) in [6.45, 7) is 0. The van der Waals surface area contributed by atoms with Crippen LogP contribution in [0.2, 0.25) is 0 Å². The fourth-order valence-electron chi connectivity index (χ4n) is 4.54. The number of anilines is 1. The summed E-state index contributed by atoms with van der Waals surface area (Å²) in [7, 11) is -19.4. The first-order chi connectivity index (χ1) is 27.6. The summed E-state index contributed by atoms with van der Waals surface area (Å²) in [4.78, 5) is 30.8. The predicted octanol–water partition coefficient (Wildman–Crippen LogP) is 3.08. The first-order valence-electron chi connectivity index (χ1n) is 15.5. The zero-order valence-electron chi connectivity index (χ0n) is 29.7. The molecule has 0 atom stereocenters. The Bertz CT molecular complexity index is 3070. The van der Waals surface area contributed by atoms with E-state index in [-0.39, 0.29) is 63.0 Å². The van der Waals surface area contributed by atoms with Gasteiger partial charge in [0.1, 0.15) is 28.2 Å². The van der Waals surface area contributed by atoms with Gasteiger partial charge in [-0.1, -0.05) is 24.3 Å². The number of para-hydroxylation sites is 1. The summed E-state index contributed by atoms with van der Waals surface area (Å²) in [5.74, 6) is -0.222. The molecule has 3 aromatic rings. The van der Waals surface area contributed by atoms with E-state index in [9.17, 15) is 79.5 Å². The van der Waals surface area contributed by atoms with Crippen LogP contribution in [0.1, 0.15) is 0 Å². The van der Waals surface area contributed by atoms with Crippen LogP contribution in [0.15, 0.2) is 122 Å². The molecule has 2 aliphatic carbocycles. The fourth-order valence-corrected chi connectivity index (χ4v) is 7.71. The normalized spacial score (nSPS) is 12.5. The maximum absolute atomic E-state index is 12.4. The Labute approximate surface area is 356 Å². The van der Waals surface area contributed by atoms with E-state index in [1.165, 1.54) is 42.5 Å². The number of aromatic nitrogens is 2. The largest absolute Gasteiger partial charge is 1.00 e. The molecule has 15 nitrogen and oxygen atoms in total. The summed E-state index contributed by atoms with van der Waals surface area (Å²) in [6.07, 6.45) is 0. The zero-order valence-corrected chi connectivity index (χ0v) is 34.1. The third-order valence-corrected chi connectivity index (χ3v) is 11.7. The molecule has 0 saturated heterocycles. The maximum atomic E-state index is 12.4. The fraction of sp³-hybridized carbons (Fsp3) is 0.0909. The van der Waals surface area contributed by atoms with E-state index in [1.807, 2.05) is 0 Å². The van der Waals surface area contributed by atoms with Gasteiger partial charge in [0.05, 0.1) is 5.69 Å². The van der Waals surface area contributed by atoms with Gasteiger partial charge >= 0.3 is 76.2 Å². The number of hydrogen-bond donors (Lipinski definition) is 0. The van der Waals surface area contributed by atoms with Crippen molar-refractivity contribution in [2.24, 2.45) is 0 Å². The Morgan fingerprint density at radius 2 is 1.00 bits per heavy atom. The van der Waals surface area contributed by atoms with Gasteiger partial charge in [-0.25, -0.2) is 9.97 Å². The second-order valence-corrected chi connectivity index (χ2v) is 16.7. The molecule has 0 bridgehead atoms. The van der Waals surface area contributed by atoms with E-state index < -0.39 is 61.8 Å². The number of alkyl halides is 9. The second-order valence-electron chi connectivity index (χ2n) is 11.4. The van der Waals surface area contributed by atoms with Crippen molar-refractivity contribution in [3.8, 4) is 34.4 Å². The average Bonchev–Trinajstić information content (AvgIpc) is 3.12. The van der Waals surface area contributed by atoms with Crippen LogP contribution in [0.4, 0.5) is 45.2 Å². The molecule has 0 unspecified atom stereocenters. The second kappa shape index (κ2) is 17.5. The summed E-state index contributed by atoms with van der Waals surface area (Å²) in [5, 5.41) is 11.1. The van der Waals surface area contributed by atoms with Crippen LogP contribution in [-0.2, 0) is 30.2 Å². The molecule has 2 heterocycles. The van der Waals surface area contributed by atoms with Gasteiger partial charge in [0.25, 0.3) is 0 Å². The van der Waals surface area contributed by atoms with Gasteiger partial charge in [0, 0.05) is 18.2 Å². The molecule has 0 spiro atoms. The van der Waals surface area contributed by atoms with E-state index in [0.717, 1.165) is 36.4 Å². The maximum Gasteiger partial charge on any atom is 1.00 e. The topological polar surface area (TPSA) is 224 Å². The standard InChI is InChI=1S/C13H6F3NO5S.C12H7NO3.C8H5F6NO4S2.Na/c14-13(15,16)23(19,20)22-8-2-4-10-12(6-8)21-11-5-7(18)1-3-9(11)17-10;14-7-1-3-9-11(5-7)16-12-6-8(15)2-4-10(12)13-9;9-7(10,11)20(16,17)15(6-4-2-1-3-5-6)21(18,19)8(12,13)14;/h1-6H;1-6,14H;1-5H;/q;;;+1/p-1. The Morgan fingerprint density at radius 3 is 1.44 bits per heavy atom. The Hall–Kier alpha value is -5.48. The minimum atomic E-state index is -6.81. The molecular formula is C33H17F9N3NaO12S3. The van der Waals surface area contributed by atoms with E-state index in [0.29, 0.717) is 40.4 Å². The van der Waals surface area contributed by atoms with Crippen molar-refractivity contribution in [3.63, 3.8) is 0 Å². The van der Waals surface area contributed by atoms with Crippen LogP contribution in [0.3, 0.4) is 0 Å². The van der Waals surface area contributed by atoms with Crippen LogP contribution in [-0.4, -0.2) is 51.7 Å². The Kier molecular flexibility index (Phi) is 13.8. The van der Waals surface area contributed by atoms with Crippen LogP contribution in [0.25, 0.3) is 45.1 Å². The molecule has 3 aromatic carbocycles. The molecule has 4 aliphatic rings. The van der Waals surface area contributed by atoms with Gasteiger partial charge in [-0.3, -0.25) is 9.59 Å². The third kappa shape index (κ3) is 10.7. The number of nitrogens with zero attached hydrogens (tertiary/aromatic N) is 3. The van der Waals surface area contributed by atoms with E-state index >= 15 is 0 Å².